The minimum Gasteiger partial charge on any atom is 0 e. The molecule has 0 spiro atoms. The van der Waals surface area contributed by atoms with E-state index in [9.17, 15) is 0 Å². The van der Waals surface area contributed by atoms with Gasteiger partial charge in [-0.25, -0.2) is 0 Å². The normalized spacial score (nSPS) is 8.00. The van der Waals surface area contributed by atoms with Crippen molar-refractivity contribution in [2.45, 2.75) is 13.0 Å². The molecule has 1 rings (SSSR count). The van der Waals surface area contributed by atoms with E-state index in [-0.39, 0.29) is 23.5 Å². The summed E-state index contributed by atoms with van der Waals surface area (Å²) in [6.07, 6.45) is 0.209. The van der Waals surface area contributed by atoms with Crippen molar-refractivity contribution in [2.24, 2.45) is 0 Å². The Morgan fingerprint density at radius 2 is 1.29 bits per heavy atom. The van der Waals surface area contributed by atoms with Crippen LogP contribution in [0.5, 0.6) is 0 Å². The Morgan fingerprint density at radius 3 is 1.59 bits per heavy atom. The fourth-order valence-corrected chi connectivity index (χ4v) is 0.860. The Labute approximate surface area is 112 Å². The van der Waals surface area contributed by atoms with Gasteiger partial charge in [0.05, 0.1) is 6.10 Å². The Balaban J connectivity index is -0.000000106. The average molecular weight is 272 g/mol. The Kier molecular flexibility index (Phi) is 35.6. The van der Waals surface area contributed by atoms with Crippen LogP contribution in [-0.4, -0.2) is 7.11 Å². The van der Waals surface area contributed by atoms with Crippen molar-refractivity contribution in [3.63, 3.8) is 0 Å². The summed E-state index contributed by atoms with van der Waals surface area (Å²) >= 11 is 0. The van der Waals surface area contributed by atoms with Gasteiger partial charge in [-0.05, 0) is 12.5 Å². The van der Waals surface area contributed by atoms with E-state index in [1.54, 1.807) is 7.11 Å². The fourth-order valence-electron chi connectivity index (χ4n) is 0.860. The number of benzene rings is 1. The van der Waals surface area contributed by atoms with Gasteiger partial charge in [0.15, 0.2) is 0 Å². The smallest absolute Gasteiger partial charge is 0 e. The van der Waals surface area contributed by atoms with E-state index in [1.165, 1.54) is 5.56 Å². The van der Waals surface area contributed by atoms with Crippen LogP contribution < -0.4 is 0 Å². The maximum absolute atomic E-state index is 7.50. The number of methoxy groups -OCH3 is 1. The van der Waals surface area contributed by atoms with E-state index >= 15 is 0 Å². The molecular formula is C12H12CrO4. The quantitative estimate of drug-likeness (QED) is 0.601. The van der Waals surface area contributed by atoms with Crippen LogP contribution in [0.3, 0.4) is 0 Å². The minimum atomic E-state index is 0. The molecule has 1 atom stereocenters. The molecule has 0 radical (unpaired) electrons. The molecule has 1 unspecified atom stereocenters. The molecule has 4 nitrogen and oxygen atoms in total. The van der Waals surface area contributed by atoms with Crippen molar-refractivity contribution < 1.29 is 36.1 Å². The zero-order chi connectivity index (χ0) is 13.4. The SMILES string of the molecule is COC(C)c1ccccc1.[C-]#[O+].[C-]#[O+].[C-]#[O+].[Cr]. The van der Waals surface area contributed by atoms with Gasteiger partial charge in [-0.15, -0.1) is 0 Å². The summed E-state index contributed by atoms with van der Waals surface area (Å²) in [4.78, 5) is 0. The molecular weight excluding hydrogens is 260 g/mol. The maximum Gasteiger partial charge on any atom is 0 e. The van der Waals surface area contributed by atoms with Crippen LogP contribution in [0.15, 0.2) is 30.3 Å². The van der Waals surface area contributed by atoms with Gasteiger partial charge >= 0.3 is 33.9 Å². The first-order valence-corrected chi connectivity index (χ1v) is 4.03. The maximum atomic E-state index is 7.50. The third-order valence-corrected chi connectivity index (χ3v) is 1.62. The third kappa shape index (κ3) is 14.9. The summed E-state index contributed by atoms with van der Waals surface area (Å²) in [6, 6.07) is 10.2. The summed E-state index contributed by atoms with van der Waals surface area (Å²) in [5.41, 5.74) is 1.23. The Bertz CT molecular complexity index is 278. The molecule has 0 amide bonds. The van der Waals surface area contributed by atoms with Gasteiger partial charge < -0.3 is 4.74 Å². The molecule has 0 fully saturated rings. The standard InChI is InChI=1S/C9H12O.3CO.Cr/c1-8(10-2)9-6-4-3-5-7-9;3*1-2;/h3-8H,1-2H3;;;;. The van der Waals surface area contributed by atoms with Gasteiger partial charge in [0.25, 0.3) is 0 Å². The second kappa shape index (κ2) is 24.3. The van der Waals surface area contributed by atoms with Crippen molar-refractivity contribution in [3.05, 3.63) is 55.8 Å². The summed E-state index contributed by atoms with van der Waals surface area (Å²) in [7, 11) is 1.72. The predicted octanol–water partition coefficient (Wildman–Crippen LogP) is 2.28. The number of rotatable bonds is 2. The van der Waals surface area contributed by atoms with Crippen LogP contribution in [0.1, 0.15) is 18.6 Å². The van der Waals surface area contributed by atoms with Crippen molar-refractivity contribution in [3.8, 4) is 0 Å². The van der Waals surface area contributed by atoms with Crippen LogP contribution in [-0.2, 0) is 36.1 Å². The van der Waals surface area contributed by atoms with Gasteiger partial charge in [0, 0.05) is 24.5 Å². The second-order valence-corrected chi connectivity index (χ2v) is 2.29. The van der Waals surface area contributed by atoms with Crippen LogP contribution in [0.25, 0.3) is 0 Å². The first kappa shape index (κ1) is 25.0. The van der Waals surface area contributed by atoms with Crippen molar-refractivity contribution in [2.75, 3.05) is 7.11 Å². The van der Waals surface area contributed by atoms with Crippen LogP contribution in [0.2, 0.25) is 0 Å². The Morgan fingerprint density at radius 1 is 0.941 bits per heavy atom. The predicted molar refractivity (Wildman–Crippen MR) is 53.7 cm³/mol. The monoisotopic (exact) mass is 272 g/mol. The van der Waals surface area contributed by atoms with Gasteiger partial charge in [-0.3, -0.25) is 0 Å². The van der Waals surface area contributed by atoms with E-state index in [4.69, 9.17) is 18.7 Å². The molecule has 0 aromatic heterocycles. The molecule has 0 saturated carbocycles. The summed E-state index contributed by atoms with van der Waals surface area (Å²) in [5.74, 6) is 0. The largest absolute Gasteiger partial charge is 0 e. The first-order chi connectivity index (χ1) is 7.84. The molecule has 0 aliphatic rings. The molecule has 0 bridgehead atoms. The molecule has 0 aliphatic carbocycles. The topological polar surface area (TPSA) is 68.9 Å². The van der Waals surface area contributed by atoms with Crippen LogP contribution in [0, 0.1) is 20.0 Å². The molecule has 0 saturated heterocycles. The van der Waals surface area contributed by atoms with Crippen molar-refractivity contribution in [1.29, 1.82) is 0 Å². The van der Waals surface area contributed by atoms with Gasteiger partial charge in [-0.1, -0.05) is 30.3 Å². The molecule has 5 heteroatoms. The molecule has 1 aromatic rings. The molecule has 17 heavy (non-hydrogen) atoms. The Hall–Kier alpha value is -1.07. The van der Waals surface area contributed by atoms with Crippen LogP contribution in [0.4, 0.5) is 0 Å². The summed E-state index contributed by atoms with van der Waals surface area (Å²) in [6.45, 7) is 15.5. The van der Waals surface area contributed by atoms with E-state index in [0.29, 0.717) is 0 Å². The molecule has 0 heterocycles. The summed E-state index contributed by atoms with van der Waals surface area (Å²) < 4.78 is 27.6. The number of hydrogen-bond acceptors (Lipinski definition) is 1. The summed E-state index contributed by atoms with van der Waals surface area (Å²) in [5, 5.41) is 0. The van der Waals surface area contributed by atoms with E-state index < -0.39 is 0 Å². The molecule has 0 N–H and O–H groups in total. The zero-order valence-electron chi connectivity index (χ0n) is 9.51. The average Bonchev–Trinajstić information content (AvgIpc) is 2.45. The first-order valence-electron chi connectivity index (χ1n) is 4.03. The van der Waals surface area contributed by atoms with Crippen molar-refractivity contribution >= 4 is 0 Å². The molecule has 0 aliphatic heterocycles. The van der Waals surface area contributed by atoms with E-state index in [1.807, 2.05) is 25.1 Å². The zero-order valence-corrected chi connectivity index (χ0v) is 10.8. The third-order valence-electron chi connectivity index (χ3n) is 1.62. The molecule has 90 valence electrons. The minimum absolute atomic E-state index is 0. The van der Waals surface area contributed by atoms with Gasteiger partial charge in [0.1, 0.15) is 0 Å². The number of ether oxygens (including phenoxy) is 1. The van der Waals surface area contributed by atoms with Crippen LogP contribution >= 0.6 is 0 Å². The van der Waals surface area contributed by atoms with Gasteiger partial charge in [0.2, 0.25) is 0 Å². The second-order valence-electron chi connectivity index (χ2n) is 2.29. The molecule has 1 aromatic carbocycles. The van der Waals surface area contributed by atoms with Gasteiger partial charge in [-0.2, -0.15) is 0 Å². The number of hydrogen-bond donors (Lipinski definition) is 0. The van der Waals surface area contributed by atoms with E-state index in [0.717, 1.165) is 0 Å². The van der Waals surface area contributed by atoms with Crippen molar-refractivity contribution in [1.82, 2.24) is 0 Å². The van der Waals surface area contributed by atoms with E-state index in [2.05, 4.69) is 32.1 Å². The fraction of sp³-hybridized carbons (Fsp3) is 0.250.